The highest BCUT2D eigenvalue weighted by Crippen LogP contribution is 2.12. The van der Waals surface area contributed by atoms with Crippen LogP contribution in [0.25, 0.3) is 5.69 Å². The Bertz CT molecular complexity index is 649. The molecule has 0 aliphatic rings. The summed E-state index contributed by atoms with van der Waals surface area (Å²) in [5.41, 5.74) is 1.41. The summed E-state index contributed by atoms with van der Waals surface area (Å²) >= 11 is 0. The van der Waals surface area contributed by atoms with E-state index in [-0.39, 0.29) is 12.1 Å². The molecule has 2 rings (SSSR count). The molecule has 0 spiro atoms. The minimum absolute atomic E-state index is 0.190. The maximum Gasteiger partial charge on any atom is 0.407 e. The fourth-order valence-electron chi connectivity index (χ4n) is 2.10. The number of ether oxygens (including phenoxy) is 1. The number of aromatic nitrogens is 3. The second-order valence-corrected chi connectivity index (χ2v) is 6.64. The lowest BCUT2D eigenvalue weighted by Crippen LogP contribution is -2.34. The molecular weight excluding hydrogens is 306 g/mol. The minimum Gasteiger partial charge on any atom is -0.444 e. The van der Waals surface area contributed by atoms with E-state index in [1.807, 2.05) is 39.1 Å². The highest BCUT2D eigenvalue weighted by Gasteiger charge is 2.15. The summed E-state index contributed by atoms with van der Waals surface area (Å²) in [6, 6.07) is 3.98. The van der Waals surface area contributed by atoms with E-state index in [0.29, 0.717) is 6.54 Å². The molecule has 2 aromatic rings. The zero-order valence-electron chi connectivity index (χ0n) is 14.6. The van der Waals surface area contributed by atoms with Crippen molar-refractivity contribution in [1.82, 2.24) is 20.1 Å². The number of nitrogens with zero attached hydrogens (tertiary/aromatic N) is 3. The Morgan fingerprint density at radius 1 is 1.33 bits per heavy atom. The number of nitrogens with one attached hydrogen (secondary N) is 2. The third kappa shape index (κ3) is 5.91. The van der Waals surface area contributed by atoms with Crippen molar-refractivity contribution in [3.63, 3.8) is 0 Å². The van der Waals surface area contributed by atoms with E-state index < -0.39 is 5.60 Å². The summed E-state index contributed by atoms with van der Waals surface area (Å²) < 4.78 is 6.99. The van der Waals surface area contributed by atoms with Crippen LogP contribution in [0.15, 0.2) is 36.9 Å². The van der Waals surface area contributed by atoms with E-state index in [4.69, 9.17) is 4.74 Å². The van der Waals surface area contributed by atoms with Gasteiger partial charge in [0.1, 0.15) is 5.60 Å². The topological polar surface area (TPSA) is 81.1 Å². The number of amides is 1. The van der Waals surface area contributed by atoms with Gasteiger partial charge in [0.05, 0.1) is 23.8 Å². The highest BCUT2D eigenvalue weighted by atomic mass is 16.6. The average molecular weight is 331 g/mol. The third-order valence-electron chi connectivity index (χ3n) is 3.17. The van der Waals surface area contributed by atoms with Crippen LogP contribution in [0, 0.1) is 0 Å². The normalized spacial score (nSPS) is 12.5. The standard InChI is InChI=1S/C17H25N5O2/c1-13(5-10-19-16(23)24-17(2,3)4)21-14-11-20-22(12-14)15-6-8-18-9-7-15/h6-9,11-13,21H,5,10H2,1-4H3,(H,19,23)/t13-/m0/s1. The molecular formula is C17H25N5O2. The van der Waals surface area contributed by atoms with Crippen LogP contribution in [-0.2, 0) is 4.74 Å². The zero-order chi connectivity index (χ0) is 17.6. The summed E-state index contributed by atoms with van der Waals surface area (Å²) in [6.45, 7) is 8.13. The van der Waals surface area contributed by atoms with Crippen molar-refractivity contribution in [2.75, 3.05) is 11.9 Å². The van der Waals surface area contributed by atoms with Gasteiger partial charge in [0, 0.05) is 25.0 Å². The Hall–Kier alpha value is -2.57. The third-order valence-corrected chi connectivity index (χ3v) is 3.17. The molecule has 24 heavy (non-hydrogen) atoms. The molecule has 2 N–H and O–H groups in total. The molecule has 7 nitrogen and oxygen atoms in total. The summed E-state index contributed by atoms with van der Waals surface area (Å²) in [7, 11) is 0. The number of carbonyl (C=O) groups excluding carboxylic acids is 1. The van der Waals surface area contributed by atoms with Crippen molar-refractivity contribution < 1.29 is 9.53 Å². The molecule has 7 heteroatoms. The molecule has 0 radical (unpaired) electrons. The van der Waals surface area contributed by atoms with E-state index >= 15 is 0 Å². The summed E-state index contributed by atoms with van der Waals surface area (Å²) in [5.74, 6) is 0. The van der Waals surface area contributed by atoms with Crippen molar-refractivity contribution in [2.24, 2.45) is 0 Å². The molecule has 1 amide bonds. The average Bonchev–Trinajstić information content (AvgIpc) is 2.94. The van der Waals surface area contributed by atoms with Crippen LogP contribution in [0.1, 0.15) is 34.1 Å². The number of hydrogen-bond acceptors (Lipinski definition) is 5. The summed E-state index contributed by atoms with van der Waals surface area (Å²) in [5, 5.41) is 10.4. The van der Waals surface area contributed by atoms with E-state index in [0.717, 1.165) is 17.8 Å². The van der Waals surface area contributed by atoms with Crippen molar-refractivity contribution >= 4 is 11.8 Å². The van der Waals surface area contributed by atoms with Crippen LogP contribution < -0.4 is 10.6 Å². The quantitative estimate of drug-likeness (QED) is 0.850. The monoisotopic (exact) mass is 331 g/mol. The molecule has 0 bridgehead atoms. The first-order chi connectivity index (χ1) is 11.3. The largest absolute Gasteiger partial charge is 0.444 e. The Morgan fingerprint density at radius 2 is 2.04 bits per heavy atom. The van der Waals surface area contributed by atoms with Crippen molar-refractivity contribution in [3.8, 4) is 5.69 Å². The van der Waals surface area contributed by atoms with Gasteiger partial charge in [0.2, 0.25) is 0 Å². The van der Waals surface area contributed by atoms with Crippen LogP contribution in [0.2, 0.25) is 0 Å². The summed E-state index contributed by atoms with van der Waals surface area (Å²) in [6.07, 6.45) is 7.55. The molecule has 2 heterocycles. The molecule has 130 valence electrons. The van der Waals surface area contributed by atoms with Gasteiger partial charge in [-0.15, -0.1) is 0 Å². The van der Waals surface area contributed by atoms with E-state index in [9.17, 15) is 4.79 Å². The SMILES string of the molecule is C[C@@H](CCNC(=O)OC(C)(C)C)Nc1cnn(-c2ccncc2)c1. The van der Waals surface area contributed by atoms with Gasteiger partial charge in [-0.25, -0.2) is 9.48 Å². The second-order valence-electron chi connectivity index (χ2n) is 6.64. The zero-order valence-corrected chi connectivity index (χ0v) is 14.6. The molecule has 1 atom stereocenters. The van der Waals surface area contributed by atoms with Crippen molar-refractivity contribution in [2.45, 2.75) is 45.8 Å². The first-order valence-electron chi connectivity index (χ1n) is 8.02. The van der Waals surface area contributed by atoms with E-state index in [1.54, 1.807) is 23.3 Å². The number of rotatable bonds is 6. The van der Waals surface area contributed by atoms with E-state index in [2.05, 4.69) is 27.6 Å². The van der Waals surface area contributed by atoms with Crippen LogP contribution in [0.5, 0.6) is 0 Å². The molecule has 0 aliphatic carbocycles. The Labute approximate surface area is 142 Å². The van der Waals surface area contributed by atoms with Gasteiger partial charge in [-0.3, -0.25) is 4.98 Å². The lowest BCUT2D eigenvalue weighted by Gasteiger charge is -2.20. The molecule has 2 aromatic heterocycles. The predicted molar refractivity (Wildman–Crippen MR) is 93.3 cm³/mol. The minimum atomic E-state index is -0.477. The van der Waals surface area contributed by atoms with Crippen molar-refractivity contribution in [1.29, 1.82) is 0 Å². The van der Waals surface area contributed by atoms with Crippen LogP contribution in [0.3, 0.4) is 0 Å². The van der Waals surface area contributed by atoms with Crippen LogP contribution in [-0.4, -0.2) is 39.0 Å². The molecule has 0 fully saturated rings. The number of anilines is 1. The van der Waals surface area contributed by atoms with Gasteiger partial charge in [0.15, 0.2) is 0 Å². The van der Waals surface area contributed by atoms with Gasteiger partial charge in [-0.1, -0.05) is 0 Å². The Balaban J connectivity index is 1.76. The molecule has 0 saturated carbocycles. The fraction of sp³-hybridized carbons (Fsp3) is 0.471. The highest BCUT2D eigenvalue weighted by molar-refractivity contribution is 5.67. The predicted octanol–water partition coefficient (Wildman–Crippen LogP) is 2.98. The number of carbonyl (C=O) groups is 1. The van der Waals surface area contributed by atoms with E-state index in [1.165, 1.54) is 0 Å². The first kappa shape index (κ1) is 17.8. The Morgan fingerprint density at radius 3 is 2.71 bits per heavy atom. The van der Waals surface area contributed by atoms with Crippen molar-refractivity contribution in [3.05, 3.63) is 36.9 Å². The first-order valence-corrected chi connectivity index (χ1v) is 8.02. The smallest absolute Gasteiger partial charge is 0.407 e. The van der Waals surface area contributed by atoms with Crippen LogP contribution in [0.4, 0.5) is 10.5 Å². The van der Waals surface area contributed by atoms with Gasteiger partial charge < -0.3 is 15.4 Å². The number of pyridine rings is 1. The maximum absolute atomic E-state index is 11.6. The van der Waals surface area contributed by atoms with Gasteiger partial charge in [0.25, 0.3) is 0 Å². The number of alkyl carbamates (subject to hydrolysis) is 1. The fourth-order valence-corrected chi connectivity index (χ4v) is 2.10. The lowest BCUT2D eigenvalue weighted by molar-refractivity contribution is 0.0527. The molecule has 0 saturated heterocycles. The number of hydrogen-bond donors (Lipinski definition) is 2. The molecule has 0 aromatic carbocycles. The van der Waals surface area contributed by atoms with Crippen LogP contribution >= 0.6 is 0 Å². The second kappa shape index (κ2) is 7.81. The maximum atomic E-state index is 11.6. The Kier molecular flexibility index (Phi) is 5.78. The molecule has 0 aliphatic heterocycles. The van der Waals surface area contributed by atoms with Gasteiger partial charge in [-0.2, -0.15) is 5.10 Å². The lowest BCUT2D eigenvalue weighted by atomic mass is 10.2. The molecule has 0 unspecified atom stereocenters. The van der Waals surface area contributed by atoms with Gasteiger partial charge in [-0.05, 0) is 46.2 Å². The summed E-state index contributed by atoms with van der Waals surface area (Å²) in [4.78, 5) is 15.6. The van der Waals surface area contributed by atoms with Gasteiger partial charge >= 0.3 is 6.09 Å².